The van der Waals surface area contributed by atoms with E-state index in [1.807, 2.05) is 0 Å². The topological polar surface area (TPSA) is 112 Å². The van der Waals surface area contributed by atoms with Gasteiger partial charge in [-0.25, -0.2) is 14.6 Å². The van der Waals surface area contributed by atoms with Gasteiger partial charge in [-0.05, 0) is 19.1 Å². The number of amides is 3. The molecule has 0 saturated carbocycles. The second kappa shape index (κ2) is 5.55. The maximum Gasteiger partial charge on any atom is 0.354 e. The first-order valence-electron chi connectivity index (χ1n) is 6.03. The number of carbonyl (C=O) groups excluding carboxylic acids is 2. The highest BCUT2D eigenvalue weighted by Crippen LogP contribution is 2.10. The number of aromatic nitrogens is 1. The van der Waals surface area contributed by atoms with Gasteiger partial charge in [-0.1, -0.05) is 0 Å². The van der Waals surface area contributed by atoms with E-state index in [-0.39, 0.29) is 11.6 Å². The highest BCUT2D eigenvalue weighted by Gasteiger charge is 2.29. The Hall–Kier alpha value is -2.64. The van der Waals surface area contributed by atoms with E-state index in [9.17, 15) is 14.4 Å². The fraction of sp³-hybridized carbons (Fsp3) is 0.333. The van der Waals surface area contributed by atoms with E-state index in [2.05, 4.69) is 15.6 Å². The zero-order valence-electron chi connectivity index (χ0n) is 10.8. The Morgan fingerprint density at radius 2 is 2.25 bits per heavy atom. The Labute approximate surface area is 114 Å². The number of hydrogen-bond donors (Lipinski definition) is 3. The number of anilines is 1. The van der Waals surface area contributed by atoms with Gasteiger partial charge in [0.1, 0.15) is 11.7 Å². The van der Waals surface area contributed by atoms with Gasteiger partial charge in [0.2, 0.25) is 5.91 Å². The van der Waals surface area contributed by atoms with Crippen LogP contribution in [0.15, 0.2) is 18.3 Å². The Bertz CT molecular complexity index is 543. The minimum absolute atomic E-state index is 0.103. The smallest absolute Gasteiger partial charge is 0.354 e. The quantitative estimate of drug-likeness (QED) is 0.712. The zero-order chi connectivity index (χ0) is 14.7. The monoisotopic (exact) mass is 278 g/mol. The summed E-state index contributed by atoms with van der Waals surface area (Å²) in [6.07, 6.45) is 1.26. The van der Waals surface area contributed by atoms with Crippen LogP contribution in [0.25, 0.3) is 0 Å². The molecule has 0 spiro atoms. The van der Waals surface area contributed by atoms with Crippen molar-refractivity contribution in [1.29, 1.82) is 0 Å². The first kappa shape index (κ1) is 13.8. The predicted octanol–water partition coefficient (Wildman–Crippen LogP) is 0.132. The second-order valence-electron chi connectivity index (χ2n) is 4.33. The third-order valence-corrected chi connectivity index (χ3v) is 2.99. The van der Waals surface area contributed by atoms with E-state index >= 15 is 0 Å². The van der Waals surface area contributed by atoms with Crippen LogP contribution in [0.3, 0.4) is 0 Å². The molecule has 106 valence electrons. The van der Waals surface area contributed by atoms with E-state index in [1.165, 1.54) is 23.2 Å². The average molecular weight is 278 g/mol. The van der Waals surface area contributed by atoms with Crippen molar-refractivity contribution in [1.82, 2.24) is 15.2 Å². The lowest BCUT2D eigenvalue weighted by Crippen LogP contribution is -2.56. The molecule has 1 aromatic rings. The van der Waals surface area contributed by atoms with Crippen LogP contribution in [0.2, 0.25) is 0 Å². The summed E-state index contributed by atoms with van der Waals surface area (Å²) in [5.41, 5.74) is 0.270. The van der Waals surface area contributed by atoms with E-state index < -0.39 is 18.0 Å². The fourth-order valence-corrected chi connectivity index (χ4v) is 1.85. The molecule has 3 amide bonds. The number of nitrogens with zero attached hydrogens (tertiary/aromatic N) is 2. The van der Waals surface area contributed by atoms with Crippen LogP contribution in [0.1, 0.15) is 17.4 Å². The maximum absolute atomic E-state index is 12.0. The summed E-state index contributed by atoms with van der Waals surface area (Å²) < 4.78 is 0. The van der Waals surface area contributed by atoms with Gasteiger partial charge in [0.25, 0.3) is 0 Å². The molecule has 0 aliphatic carbocycles. The molecule has 20 heavy (non-hydrogen) atoms. The molecule has 0 radical (unpaired) electrons. The number of nitrogens with one attached hydrogen (secondary N) is 2. The first-order valence-corrected chi connectivity index (χ1v) is 6.03. The van der Waals surface area contributed by atoms with Crippen molar-refractivity contribution in [3.05, 3.63) is 24.0 Å². The molecule has 1 fully saturated rings. The molecule has 1 saturated heterocycles. The molecule has 2 rings (SSSR count). The number of piperazine rings is 1. The first-order chi connectivity index (χ1) is 9.49. The number of aromatic carboxylic acids is 1. The van der Waals surface area contributed by atoms with E-state index in [1.54, 1.807) is 6.92 Å². The molecule has 2 heterocycles. The molecule has 0 bridgehead atoms. The number of pyridine rings is 1. The molecule has 8 heteroatoms. The number of carboxylic acid groups (broad SMARTS) is 1. The van der Waals surface area contributed by atoms with Crippen LogP contribution in [0, 0.1) is 0 Å². The fourth-order valence-electron chi connectivity index (χ4n) is 1.85. The van der Waals surface area contributed by atoms with E-state index in [4.69, 9.17) is 5.11 Å². The molecule has 1 unspecified atom stereocenters. The van der Waals surface area contributed by atoms with Crippen LogP contribution in [-0.2, 0) is 4.79 Å². The molecule has 1 aromatic heterocycles. The molecule has 8 nitrogen and oxygen atoms in total. The zero-order valence-corrected chi connectivity index (χ0v) is 10.8. The summed E-state index contributed by atoms with van der Waals surface area (Å²) in [5, 5.41) is 14.0. The number of carboxylic acids is 1. The highest BCUT2D eigenvalue weighted by atomic mass is 16.4. The van der Waals surface area contributed by atoms with Gasteiger partial charge in [-0.15, -0.1) is 0 Å². The highest BCUT2D eigenvalue weighted by molar-refractivity contribution is 5.94. The van der Waals surface area contributed by atoms with Crippen molar-refractivity contribution in [2.75, 3.05) is 18.4 Å². The number of rotatable bonds is 2. The maximum atomic E-state index is 12.0. The van der Waals surface area contributed by atoms with Crippen molar-refractivity contribution < 1.29 is 19.5 Å². The summed E-state index contributed by atoms with van der Waals surface area (Å²) in [4.78, 5) is 39.3. The molecular weight excluding hydrogens is 264 g/mol. The van der Waals surface area contributed by atoms with Crippen LogP contribution in [0.4, 0.5) is 10.5 Å². The Morgan fingerprint density at radius 1 is 1.50 bits per heavy atom. The Kier molecular flexibility index (Phi) is 3.83. The summed E-state index contributed by atoms with van der Waals surface area (Å²) in [6, 6.07) is 1.78. The van der Waals surface area contributed by atoms with E-state index in [0.29, 0.717) is 18.8 Å². The van der Waals surface area contributed by atoms with Gasteiger partial charge in [-0.2, -0.15) is 0 Å². The van der Waals surface area contributed by atoms with Gasteiger partial charge in [-0.3, -0.25) is 4.79 Å². The summed E-state index contributed by atoms with van der Waals surface area (Å²) in [6.45, 7) is 2.46. The molecule has 1 atom stereocenters. The van der Waals surface area contributed by atoms with Gasteiger partial charge < -0.3 is 20.6 Å². The standard InChI is InChI=1S/C12H14N4O4/c1-7-10(17)13-4-5-16(7)12(20)15-8-2-3-9(11(18)19)14-6-8/h2-3,6-7H,4-5H2,1H3,(H,13,17)(H,15,20)(H,18,19). The summed E-state index contributed by atoms with van der Waals surface area (Å²) in [5.74, 6) is -1.34. The lowest BCUT2D eigenvalue weighted by atomic mass is 10.2. The van der Waals surface area contributed by atoms with Gasteiger partial charge in [0, 0.05) is 13.1 Å². The third-order valence-electron chi connectivity index (χ3n) is 2.99. The number of hydrogen-bond acceptors (Lipinski definition) is 4. The second-order valence-corrected chi connectivity index (χ2v) is 4.33. The van der Waals surface area contributed by atoms with Crippen LogP contribution in [0.5, 0.6) is 0 Å². The lowest BCUT2D eigenvalue weighted by Gasteiger charge is -2.32. The van der Waals surface area contributed by atoms with Crippen molar-refractivity contribution in [3.63, 3.8) is 0 Å². The average Bonchev–Trinajstić information content (AvgIpc) is 2.42. The Morgan fingerprint density at radius 3 is 2.85 bits per heavy atom. The SMILES string of the molecule is CC1C(=O)NCCN1C(=O)Nc1ccc(C(=O)O)nc1. The van der Waals surface area contributed by atoms with Crippen LogP contribution >= 0.6 is 0 Å². The summed E-state index contributed by atoms with van der Waals surface area (Å²) in [7, 11) is 0. The van der Waals surface area contributed by atoms with E-state index in [0.717, 1.165) is 0 Å². The van der Waals surface area contributed by atoms with Crippen molar-refractivity contribution in [3.8, 4) is 0 Å². The van der Waals surface area contributed by atoms with Crippen molar-refractivity contribution in [2.45, 2.75) is 13.0 Å². The summed E-state index contributed by atoms with van der Waals surface area (Å²) >= 11 is 0. The lowest BCUT2D eigenvalue weighted by molar-refractivity contribution is -0.126. The minimum Gasteiger partial charge on any atom is -0.477 e. The van der Waals surface area contributed by atoms with Crippen molar-refractivity contribution >= 4 is 23.6 Å². The number of urea groups is 1. The minimum atomic E-state index is -1.13. The van der Waals surface area contributed by atoms with Gasteiger partial charge in [0.05, 0.1) is 11.9 Å². The largest absolute Gasteiger partial charge is 0.477 e. The predicted molar refractivity (Wildman–Crippen MR) is 69.4 cm³/mol. The van der Waals surface area contributed by atoms with Gasteiger partial charge in [0.15, 0.2) is 0 Å². The van der Waals surface area contributed by atoms with Gasteiger partial charge >= 0.3 is 12.0 Å². The number of carbonyl (C=O) groups is 3. The Balaban J connectivity index is 2.03. The normalized spacial score (nSPS) is 18.4. The molecule has 1 aliphatic rings. The van der Waals surface area contributed by atoms with Crippen LogP contribution < -0.4 is 10.6 Å². The molecule has 3 N–H and O–H groups in total. The molecule has 0 aromatic carbocycles. The molecular formula is C12H14N4O4. The van der Waals surface area contributed by atoms with Crippen LogP contribution in [-0.4, -0.2) is 52.0 Å². The molecule has 1 aliphatic heterocycles. The van der Waals surface area contributed by atoms with Crippen molar-refractivity contribution in [2.24, 2.45) is 0 Å². The third kappa shape index (κ3) is 2.85.